The second-order valence-corrected chi connectivity index (χ2v) is 15.4. The lowest BCUT2D eigenvalue weighted by Crippen LogP contribution is -2.59. The van der Waals surface area contributed by atoms with Crippen LogP contribution >= 0.6 is 24.0 Å². The number of nitrogens with zero attached hydrogens (tertiary/aromatic N) is 2. The predicted molar refractivity (Wildman–Crippen MR) is 181 cm³/mol. The van der Waals surface area contributed by atoms with E-state index in [0.29, 0.717) is 54.6 Å². The minimum atomic E-state index is -0.579. The number of halogens is 1. The summed E-state index contributed by atoms with van der Waals surface area (Å²) in [5, 5.41) is -0.240. The van der Waals surface area contributed by atoms with Crippen molar-refractivity contribution < 1.29 is 33.0 Å². The van der Waals surface area contributed by atoms with Crippen LogP contribution in [0.2, 0.25) is 0 Å². The number of fused-ring (bicyclic) bond motifs is 1. The maximum atomic E-state index is 14.4. The summed E-state index contributed by atoms with van der Waals surface area (Å²) < 4.78 is 32.0. The third-order valence-electron chi connectivity index (χ3n) is 10.7. The van der Waals surface area contributed by atoms with Crippen LogP contribution in [-0.4, -0.2) is 77.9 Å². The molecule has 0 unspecified atom stereocenters. The highest BCUT2D eigenvalue weighted by atomic mass is 32.2. The summed E-state index contributed by atoms with van der Waals surface area (Å²) in [6, 6.07) is 6.82. The van der Waals surface area contributed by atoms with Crippen LogP contribution in [0.15, 0.2) is 48.1 Å². The number of allylic oxidation sites excluding steroid dienone is 1. The van der Waals surface area contributed by atoms with Crippen LogP contribution < -0.4 is 4.90 Å². The lowest BCUT2D eigenvalue weighted by atomic mass is 9.46. The summed E-state index contributed by atoms with van der Waals surface area (Å²) in [5.41, 5.74) is 1.55. The van der Waals surface area contributed by atoms with Crippen LogP contribution in [0.5, 0.6) is 0 Å². The topological polar surface area (TPSA) is 85.4 Å². The SMILES string of the molecule is C=C1CC[C@@H]2[C@](C)(COC(C)=O)[C@H](OC(C)=O)CC[C@@]2(C)[C@@H]1C[C@H](SC(=S)N1CCN(c2ccccc2F)CC1)C1=CCOC1=O. The van der Waals surface area contributed by atoms with Gasteiger partial charge in [0.15, 0.2) is 0 Å². The second kappa shape index (κ2) is 14.1. The normalized spacial score (nSPS) is 30.2. The highest BCUT2D eigenvalue weighted by Crippen LogP contribution is 2.63. The summed E-state index contributed by atoms with van der Waals surface area (Å²) in [6.07, 6.45) is 5.22. The van der Waals surface area contributed by atoms with Crippen LogP contribution in [0.25, 0.3) is 0 Å². The number of anilines is 1. The van der Waals surface area contributed by atoms with E-state index in [0.717, 1.165) is 24.8 Å². The monoisotopic (exact) mass is 672 g/mol. The van der Waals surface area contributed by atoms with E-state index in [1.165, 1.54) is 31.7 Å². The molecule has 0 N–H and O–H groups in total. The minimum Gasteiger partial charge on any atom is -0.465 e. The molecule has 0 bridgehead atoms. The molecule has 5 rings (SSSR count). The van der Waals surface area contributed by atoms with E-state index in [1.54, 1.807) is 12.1 Å². The Hall–Kier alpha value is -2.92. The van der Waals surface area contributed by atoms with Crippen LogP contribution in [-0.2, 0) is 28.6 Å². The minimum absolute atomic E-state index is 0.0497. The van der Waals surface area contributed by atoms with Gasteiger partial charge in [0, 0.05) is 50.7 Å². The number of carbonyl (C=O) groups is 3. The van der Waals surface area contributed by atoms with Crippen molar-refractivity contribution in [3.63, 3.8) is 0 Å². The molecular formula is C35H45FN2O6S2. The average molecular weight is 673 g/mol. The van der Waals surface area contributed by atoms with Gasteiger partial charge in [-0.05, 0) is 67.6 Å². The summed E-state index contributed by atoms with van der Waals surface area (Å²) >= 11 is 7.52. The van der Waals surface area contributed by atoms with Crippen molar-refractivity contribution in [3.8, 4) is 0 Å². The maximum Gasteiger partial charge on any atom is 0.335 e. The molecule has 2 aliphatic heterocycles. The fraction of sp³-hybridized carbons (Fsp3) is 0.600. The lowest BCUT2D eigenvalue weighted by molar-refractivity contribution is -0.191. The standard InChI is InChI=1S/C35H45FN2O6S2/c1-22-10-11-30-34(4,14-12-31(44-24(3)40)35(30,5)21-43-23(2)39)26(22)20-29(25-13-19-42-32(25)41)46-33(45)38-17-15-37(16-18-38)28-9-7-6-8-27(28)36/h6-9,13,26,29-31H,1,10-12,14-21H2,2-5H3/t26-,29+,30+,31-,34+,35+/m1/s1. The number of esters is 3. The predicted octanol–water partition coefficient (Wildman–Crippen LogP) is 6.09. The van der Waals surface area contributed by atoms with Crippen LogP contribution in [0.3, 0.4) is 0 Å². The zero-order chi connectivity index (χ0) is 33.2. The average Bonchev–Trinajstić information content (AvgIpc) is 3.44. The van der Waals surface area contributed by atoms with Crippen LogP contribution in [0, 0.1) is 28.5 Å². The third kappa shape index (κ3) is 7.00. The molecule has 8 nitrogen and oxygen atoms in total. The molecule has 0 radical (unpaired) electrons. The van der Waals surface area contributed by atoms with E-state index in [2.05, 4.69) is 25.3 Å². The van der Waals surface area contributed by atoms with Crippen molar-refractivity contribution in [2.45, 2.75) is 71.2 Å². The molecule has 0 amide bonds. The Balaban J connectivity index is 1.36. The molecule has 0 aromatic heterocycles. The Morgan fingerprint density at radius 3 is 2.50 bits per heavy atom. The number of para-hydroxylation sites is 1. The number of thiocarbonyl (C=S) groups is 1. The highest BCUT2D eigenvalue weighted by molar-refractivity contribution is 8.23. The number of hydrogen-bond acceptors (Lipinski definition) is 9. The fourth-order valence-corrected chi connectivity index (χ4v) is 10.1. The number of cyclic esters (lactones) is 1. The molecule has 2 aliphatic carbocycles. The first kappa shape index (κ1) is 34.4. The first-order chi connectivity index (χ1) is 21.8. The van der Waals surface area contributed by atoms with Crippen molar-refractivity contribution in [1.82, 2.24) is 4.90 Å². The van der Waals surface area contributed by atoms with Gasteiger partial charge in [-0.15, -0.1) is 0 Å². The van der Waals surface area contributed by atoms with Gasteiger partial charge in [0.05, 0.1) is 11.3 Å². The lowest BCUT2D eigenvalue weighted by Gasteiger charge is -2.60. The van der Waals surface area contributed by atoms with Crippen molar-refractivity contribution >= 4 is 51.9 Å². The quantitative estimate of drug-likeness (QED) is 0.140. The van der Waals surface area contributed by atoms with E-state index in [4.69, 9.17) is 26.4 Å². The first-order valence-corrected chi connectivity index (χ1v) is 17.4. The van der Waals surface area contributed by atoms with Gasteiger partial charge < -0.3 is 24.0 Å². The molecule has 1 aromatic carbocycles. The fourth-order valence-electron chi connectivity index (χ4n) is 8.37. The van der Waals surface area contributed by atoms with E-state index in [1.807, 2.05) is 17.0 Å². The molecule has 1 saturated heterocycles. The second-order valence-electron chi connectivity index (χ2n) is 13.5. The zero-order valence-corrected chi connectivity index (χ0v) is 28.9. The molecule has 46 heavy (non-hydrogen) atoms. The molecular weight excluding hydrogens is 628 g/mol. The Bertz CT molecular complexity index is 1410. The number of piperazine rings is 1. The van der Waals surface area contributed by atoms with Crippen molar-refractivity contribution in [2.75, 3.05) is 44.3 Å². The number of rotatable bonds is 8. The number of carbonyl (C=O) groups excluding carboxylic acids is 3. The summed E-state index contributed by atoms with van der Waals surface area (Å²) in [7, 11) is 0. The summed E-state index contributed by atoms with van der Waals surface area (Å²) in [4.78, 5) is 41.2. The van der Waals surface area contributed by atoms with Crippen LogP contribution in [0.4, 0.5) is 10.1 Å². The van der Waals surface area contributed by atoms with E-state index >= 15 is 0 Å². The molecule has 2 heterocycles. The van der Waals surface area contributed by atoms with Gasteiger partial charge in [0.2, 0.25) is 0 Å². The highest BCUT2D eigenvalue weighted by Gasteiger charge is 2.60. The maximum absolute atomic E-state index is 14.4. The van der Waals surface area contributed by atoms with Crippen molar-refractivity contribution in [3.05, 3.63) is 53.9 Å². The Kier molecular flexibility index (Phi) is 10.5. The van der Waals surface area contributed by atoms with Gasteiger partial charge in [-0.25, -0.2) is 9.18 Å². The van der Waals surface area contributed by atoms with Gasteiger partial charge in [-0.2, -0.15) is 0 Å². The van der Waals surface area contributed by atoms with Gasteiger partial charge in [0.25, 0.3) is 0 Å². The smallest absolute Gasteiger partial charge is 0.335 e. The number of ether oxygens (including phenoxy) is 3. The molecule has 250 valence electrons. The van der Waals surface area contributed by atoms with Crippen LogP contribution in [0.1, 0.15) is 59.8 Å². The number of thioether (sulfide) groups is 1. The largest absolute Gasteiger partial charge is 0.465 e. The van der Waals surface area contributed by atoms with Crippen molar-refractivity contribution in [1.29, 1.82) is 0 Å². The third-order valence-corrected chi connectivity index (χ3v) is 12.5. The van der Waals surface area contributed by atoms with E-state index in [-0.39, 0.29) is 65.5 Å². The van der Waals surface area contributed by atoms with Gasteiger partial charge in [-0.1, -0.05) is 62.1 Å². The summed E-state index contributed by atoms with van der Waals surface area (Å²) in [5.74, 6) is -1.12. The number of hydrogen-bond donors (Lipinski definition) is 0. The van der Waals surface area contributed by atoms with Crippen molar-refractivity contribution in [2.24, 2.45) is 22.7 Å². The Morgan fingerprint density at radius 2 is 1.87 bits per heavy atom. The van der Waals surface area contributed by atoms with E-state index < -0.39 is 5.41 Å². The first-order valence-electron chi connectivity index (χ1n) is 16.1. The van der Waals surface area contributed by atoms with Gasteiger partial charge in [-0.3, -0.25) is 9.59 Å². The molecule has 6 atom stereocenters. The van der Waals surface area contributed by atoms with Gasteiger partial charge in [0.1, 0.15) is 29.5 Å². The molecule has 0 spiro atoms. The Labute approximate surface area is 281 Å². The molecule has 4 aliphatic rings. The molecule has 11 heteroatoms. The Morgan fingerprint density at radius 1 is 1.15 bits per heavy atom. The molecule has 3 fully saturated rings. The van der Waals surface area contributed by atoms with Gasteiger partial charge >= 0.3 is 17.9 Å². The molecule has 2 saturated carbocycles. The number of benzene rings is 1. The van der Waals surface area contributed by atoms with E-state index in [9.17, 15) is 18.8 Å². The zero-order valence-electron chi connectivity index (χ0n) is 27.2. The molecule has 1 aromatic rings. The summed E-state index contributed by atoms with van der Waals surface area (Å²) in [6.45, 7) is 14.7.